The van der Waals surface area contributed by atoms with Gasteiger partial charge in [0.15, 0.2) is 0 Å². The minimum absolute atomic E-state index is 0. The maximum atomic E-state index is 9.44. The van der Waals surface area contributed by atoms with Crippen LogP contribution in [0.25, 0.3) is 0 Å². The first-order chi connectivity index (χ1) is 2.64. The molecule has 0 atom stereocenters. The van der Waals surface area contributed by atoms with Crippen LogP contribution in [0, 0.1) is 0 Å². The van der Waals surface area contributed by atoms with E-state index in [1.807, 2.05) is 0 Å². The first-order valence-electron chi connectivity index (χ1n) is 1.15. The summed E-state index contributed by atoms with van der Waals surface area (Å²) in [6.07, 6.45) is 0. The number of aliphatic carboxylic acids is 1. The van der Waals surface area contributed by atoms with Crippen molar-refractivity contribution in [2.24, 2.45) is 0 Å². The molecule has 0 aromatic rings. The zero-order valence-corrected chi connectivity index (χ0v) is 5.66. The van der Waals surface area contributed by atoms with Gasteiger partial charge in [0.2, 0.25) is 4.84 Å². The van der Waals surface area contributed by atoms with Crippen molar-refractivity contribution in [2.45, 2.75) is 4.84 Å². The summed E-state index contributed by atoms with van der Waals surface area (Å²) < 4.78 is 0. The molecule has 0 aliphatic carbocycles. The average molecular weight is 185 g/mol. The third-order valence-electron chi connectivity index (χ3n) is 0.187. The van der Waals surface area contributed by atoms with Crippen LogP contribution >= 0.6 is 23.2 Å². The van der Waals surface area contributed by atoms with Crippen LogP contribution in [-0.4, -0.2) is 15.9 Å². The molecule has 0 spiro atoms. The Bertz CT molecular complexity index is 64.7. The molecule has 0 bridgehead atoms. The summed E-state index contributed by atoms with van der Waals surface area (Å²) in [6.45, 7) is 0. The van der Waals surface area contributed by atoms with Crippen molar-refractivity contribution in [3.8, 4) is 0 Å². The molecule has 44 valence electrons. The molecular weight excluding hydrogens is 183 g/mol. The van der Waals surface area contributed by atoms with Crippen molar-refractivity contribution < 1.29 is 27.0 Å². The van der Waals surface area contributed by atoms with E-state index in [0.29, 0.717) is 0 Å². The Balaban J connectivity index is 0. The Morgan fingerprint density at radius 1 is 1.57 bits per heavy atom. The van der Waals surface area contributed by atoms with Crippen LogP contribution in [0.1, 0.15) is 0 Å². The summed E-state index contributed by atoms with van der Waals surface area (Å²) in [7, 11) is 0. The molecule has 0 saturated carbocycles. The van der Waals surface area contributed by atoms with E-state index in [2.05, 4.69) is 0 Å². The minimum atomic E-state index is -1.29. The van der Waals surface area contributed by atoms with Crippen LogP contribution in [0.3, 0.4) is 0 Å². The van der Waals surface area contributed by atoms with Gasteiger partial charge in [-0.1, -0.05) is 23.2 Å². The second-order valence-electron chi connectivity index (χ2n) is 0.639. The molecule has 0 aliphatic rings. The zero-order chi connectivity index (χ0) is 5.15. The number of rotatable bonds is 1. The molecular formula is C2H2Cl2FeO2. The van der Waals surface area contributed by atoms with E-state index in [1.165, 1.54) is 0 Å². The number of carboxylic acids is 1. The van der Waals surface area contributed by atoms with E-state index in [9.17, 15) is 4.79 Å². The monoisotopic (exact) mass is 184 g/mol. The molecule has 1 N–H and O–H groups in total. The predicted molar refractivity (Wildman–Crippen MR) is 23.1 cm³/mol. The number of carboxylic acid groups (broad SMARTS) is 1. The van der Waals surface area contributed by atoms with E-state index in [0.717, 1.165) is 0 Å². The molecule has 7 heavy (non-hydrogen) atoms. The Kier molecular flexibility index (Phi) is 7.10. The number of hydrogen-bond donors (Lipinski definition) is 1. The summed E-state index contributed by atoms with van der Waals surface area (Å²) >= 11 is 9.56. The fourth-order valence-corrected chi connectivity index (χ4v) is 0. The summed E-state index contributed by atoms with van der Waals surface area (Å²) in [6, 6.07) is 0. The van der Waals surface area contributed by atoms with Crippen molar-refractivity contribution in [2.75, 3.05) is 0 Å². The van der Waals surface area contributed by atoms with Crippen molar-refractivity contribution in [1.29, 1.82) is 0 Å². The predicted octanol–water partition coefficient (Wildman–Crippen LogP) is 0.872. The number of carbonyl (C=O) groups is 1. The molecule has 0 unspecified atom stereocenters. The molecule has 0 aromatic heterocycles. The minimum Gasteiger partial charge on any atom is -0.479 e. The van der Waals surface area contributed by atoms with E-state index >= 15 is 0 Å². The molecule has 0 heterocycles. The Hall–Kier alpha value is 0.569. The third-order valence-corrected chi connectivity index (χ3v) is 0.560. The maximum Gasteiger partial charge on any atom is 0.337 e. The van der Waals surface area contributed by atoms with Crippen LogP contribution in [0.4, 0.5) is 0 Å². The number of alkyl halides is 2. The van der Waals surface area contributed by atoms with Gasteiger partial charge in [-0.25, -0.2) is 4.79 Å². The van der Waals surface area contributed by atoms with Crippen molar-refractivity contribution >= 4 is 29.2 Å². The Labute approximate surface area is 61.3 Å². The van der Waals surface area contributed by atoms with E-state index in [1.54, 1.807) is 0 Å². The van der Waals surface area contributed by atoms with Gasteiger partial charge < -0.3 is 5.11 Å². The molecule has 0 aromatic carbocycles. The first-order valence-corrected chi connectivity index (χ1v) is 2.03. The Morgan fingerprint density at radius 3 is 1.71 bits per heavy atom. The Morgan fingerprint density at radius 2 is 1.71 bits per heavy atom. The van der Waals surface area contributed by atoms with Gasteiger partial charge in [-0.05, 0) is 0 Å². The second kappa shape index (κ2) is 4.72. The van der Waals surface area contributed by atoms with Gasteiger partial charge in [0.25, 0.3) is 0 Å². The fourth-order valence-electron chi connectivity index (χ4n) is 0. The molecule has 0 rings (SSSR count). The molecule has 0 aliphatic heterocycles. The smallest absolute Gasteiger partial charge is 0.337 e. The summed E-state index contributed by atoms with van der Waals surface area (Å²) in [5.74, 6) is -1.21. The largest absolute Gasteiger partial charge is 0.479 e. The molecule has 5 heteroatoms. The third kappa shape index (κ3) is 6.57. The van der Waals surface area contributed by atoms with Crippen LogP contribution in [-0.2, 0) is 21.9 Å². The van der Waals surface area contributed by atoms with E-state index < -0.39 is 10.8 Å². The summed E-state index contributed by atoms with van der Waals surface area (Å²) in [5, 5.41) is 7.73. The van der Waals surface area contributed by atoms with Crippen molar-refractivity contribution in [1.82, 2.24) is 0 Å². The maximum absolute atomic E-state index is 9.44. The molecule has 0 amide bonds. The van der Waals surface area contributed by atoms with E-state index in [4.69, 9.17) is 28.3 Å². The van der Waals surface area contributed by atoms with Gasteiger partial charge in [-0.15, -0.1) is 0 Å². The van der Waals surface area contributed by atoms with Crippen LogP contribution < -0.4 is 0 Å². The number of halogens is 2. The van der Waals surface area contributed by atoms with Gasteiger partial charge in [-0.2, -0.15) is 0 Å². The number of hydrogen-bond acceptors (Lipinski definition) is 1. The van der Waals surface area contributed by atoms with Crippen molar-refractivity contribution in [3.63, 3.8) is 0 Å². The standard InChI is InChI=1S/C2H2Cl2O2.Fe/c3-1(4)2(5)6;/h1H,(H,5,6);. The molecule has 2 nitrogen and oxygen atoms in total. The van der Waals surface area contributed by atoms with Gasteiger partial charge >= 0.3 is 5.97 Å². The average Bonchev–Trinajstić information content (AvgIpc) is 1.36. The fraction of sp³-hybridized carbons (Fsp3) is 0.500. The van der Waals surface area contributed by atoms with Crippen LogP contribution in [0.5, 0.6) is 0 Å². The van der Waals surface area contributed by atoms with Crippen molar-refractivity contribution in [3.05, 3.63) is 0 Å². The molecule has 0 saturated heterocycles. The van der Waals surface area contributed by atoms with Gasteiger partial charge in [0.1, 0.15) is 0 Å². The molecule has 0 radical (unpaired) electrons. The second-order valence-corrected chi connectivity index (χ2v) is 1.74. The first kappa shape index (κ1) is 10.5. The zero-order valence-electron chi connectivity index (χ0n) is 3.04. The summed E-state index contributed by atoms with van der Waals surface area (Å²) in [4.78, 5) is 8.15. The topological polar surface area (TPSA) is 37.3 Å². The van der Waals surface area contributed by atoms with Gasteiger partial charge in [0, 0.05) is 17.1 Å². The van der Waals surface area contributed by atoms with E-state index in [-0.39, 0.29) is 17.1 Å². The SMILES string of the molecule is O=C(O)C(Cl)Cl.[Fe]. The summed E-state index contributed by atoms with van der Waals surface area (Å²) in [5.41, 5.74) is 0. The quantitative estimate of drug-likeness (QED) is 0.485. The van der Waals surface area contributed by atoms with Crippen LogP contribution in [0.15, 0.2) is 0 Å². The molecule has 0 fully saturated rings. The van der Waals surface area contributed by atoms with Gasteiger partial charge in [0.05, 0.1) is 0 Å². The normalized spacial score (nSPS) is 7.86. The van der Waals surface area contributed by atoms with Crippen LogP contribution in [0.2, 0.25) is 0 Å². The van der Waals surface area contributed by atoms with Gasteiger partial charge in [-0.3, -0.25) is 0 Å².